The van der Waals surface area contributed by atoms with Gasteiger partial charge in [-0.25, -0.2) is 0 Å². The first-order valence-corrected chi connectivity index (χ1v) is 15.9. The molecule has 0 aliphatic carbocycles. The molecule has 48 heavy (non-hydrogen) atoms. The van der Waals surface area contributed by atoms with E-state index in [1.165, 1.54) is 0 Å². The van der Waals surface area contributed by atoms with E-state index in [1.807, 2.05) is 97.1 Å². The summed E-state index contributed by atoms with van der Waals surface area (Å²) >= 11 is 1.55. The molecule has 0 atom stereocenters. The van der Waals surface area contributed by atoms with Crippen molar-refractivity contribution in [1.82, 2.24) is 0 Å². The first-order chi connectivity index (χ1) is 30.1. The molecule has 0 N–H and O–H groups in total. The van der Waals surface area contributed by atoms with Gasteiger partial charge < -0.3 is 4.90 Å². The fourth-order valence-electron chi connectivity index (χ4n) is 6.03. The molecule has 0 saturated heterocycles. The Balaban J connectivity index is 1.41. The molecule has 0 bridgehead atoms. The molecule has 8 aromatic carbocycles. The van der Waals surface area contributed by atoms with Crippen LogP contribution in [0.4, 0.5) is 17.1 Å². The molecule has 0 fully saturated rings. The largest absolute Gasteiger partial charge is 0.310 e. The Hall–Kier alpha value is -5.96. The average molecular weight is 645 g/mol. The number of rotatable bonds is 6. The second-order valence-corrected chi connectivity index (χ2v) is 12.1. The van der Waals surface area contributed by atoms with Crippen molar-refractivity contribution in [3.8, 4) is 33.4 Å². The highest BCUT2D eigenvalue weighted by Gasteiger charge is 2.19. The van der Waals surface area contributed by atoms with Gasteiger partial charge in [0.2, 0.25) is 0 Å². The van der Waals surface area contributed by atoms with Crippen molar-refractivity contribution >= 4 is 59.3 Å². The first kappa shape index (κ1) is 16.7. The third-order valence-electron chi connectivity index (χ3n) is 8.19. The lowest BCUT2D eigenvalue weighted by atomic mass is 9.90. The van der Waals surface area contributed by atoms with Gasteiger partial charge in [-0.05, 0) is 86.6 Å². The van der Waals surface area contributed by atoms with E-state index in [-0.39, 0.29) is 5.69 Å². The van der Waals surface area contributed by atoms with Crippen molar-refractivity contribution in [2.45, 2.75) is 0 Å². The van der Waals surface area contributed by atoms with E-state index in [4.69, 9.17) is 13.7 Å². The molecule has 0 radical (unpaired) electrons. The van der Waals surface area contributed by atoms with Gasteiger partial charge in [0.15, 0.2) is 0 Å². The van der Waals surface area contributed by atoms with Crippen LogP contribution in [0, 0.1) is 0 Å². The molecule has 0 spiro atoms. The summed E-state index contributed by atoms with van der Waals surface area (Å²) in [5.74, 6) is 0. The first-order valence-electron chi connectivity index (χ1n) is 22.6. The average Bonchev–Trinajstić information content (AvgIpc) is 3.68. The Morgan fingerprint density at radius 1 is 0.438 bits per heavy atom. The fourth-order valence-corrected chi connectivity index (χ4v) is 7.15. The summed E-state index contributed by atoms with van der Waals surface area (Å²) in [4.78, 5) is 1.64. The molecule has 0 amide bonds. The third-order valence-corrected chi connectivity index (χ3v) is 9.33. The number of hydrogen-bond acceptors (Lipinski definition) is 2. The van der Waals surface area contributed by atoms with Gasteiger partial charge >= 0.3 is 0 Å². The number of hydrogen-bond donors (Lipinski definition) is 0. The Morgan fingerprint density at radius 3 is 1.98 bits per heavy atom. The predicted octanol–water partition coefficient (Wildman–Crippen LogP) is 13.7. The van der Waals surface area contributed by atoms with Gasteiger partial charge in [-0.3, -0.25) is 0 Å². The monoisotopic (exact) mass is 644 g/mol. The number of anilines is 3. The minimum absolute atomic E-state index is 0.173. The van der Waals surface area contributed by atoms with Crippen LogP contribution < -0.4 is 4.90 Å². The molecule has 1 nitrogen and oxygen atoms in total. The quantitative estimate of drug-likeness (QED) is 0.174. The van der Waals surface area contributed by atoms with Gasteiger partial charge in [0, 0.05) is 31.5 Å². The highest BCUT2D eigenvalue weighted by atomic mass is 32.1. The Morgan fingerprint density at radius 2 is 1.15 bits per heavy atom. The molecule has 0 saturated carbocycles. The molecule has 1 heterocycles. The maximum absolute atomic E-state index is 9.73. The van der Waals surface area contributed by atoms with Crippen molar-refractivity contribution in [2.75, 3.05) is 4.90 Å². The van der Waals surface area contributed by atoms with Gasteiger partial charge in [0.05, 0.1) is 26.2 Å². The smallest absolute Gasteiger partial charge is 0.0645 e. The van der Waals surface area contributed by atoms with E-state index in [0.717, 1.165) is 31.3 Å². The Kier molecular flexibility index (Phi) is 4.19. The van der Waals surface area contributed by atoms with Crippen LogP contribution in [0.3, 0.4) is 0 Å². The van der Waals surface area contributed by atoms with Crippen LogP contribution in [0.25, 0.3) is 64.3 Å². The SMILES string of the molecule is [2H]c1c([2H])c([2H])c(-c2c(-c3c([2H])c([2H])c(N(c4ccc(-c5ccccc5)cc4)c4cccc5sc6ccccc6c45)c([2H])c3[2H])c([2H])c([2H])c3c([2H])c([2H])c([2H])c([2H])c23)c([2H])c1[2H]. The molecule has 226 valence electrons. The molecule has 9 aromatic rings. The van der Waals surface area contributed by atoms with E-state index in [0.29, 0.717) is 11.4 Å². The van der Waals surface area contributed by atoms with Crippen LogP contribution in [0.5, 0.6) is 0 Å². The zero-order valence-electron chi connectivity index (χ0n) is 40.1. The lowest BCUT2D eigenvalue weighted by molar-refractivity contribution is 1.30. The zero-order chi connectivity index (χ0) is 44.9. The number of benzene rings is 8. The highest BCUT2D eigenvalue weighted by Crippen LogP contribution is 2.46. The van der Waals surface area contributed by atoms with Gasteiger partial charge in [-0.1, -0.05) is 145 Å². The van der Waals surface area contributed by atoms with Gasteiger partial charge in [0.1, 0.15) is 0 Å². The summed E-state index contributed by atoms with van der Waals surface area (Å²) in [5.41, 5.74) is 0.439. The van der Waals surface area contributed by atoms with E-state index >= 15 is 0 Å². The van der Waals surface area contributed by atoms with E-state index < -0.39 is 124 Å². The second kappa shape index (κ2) is 12.0. The molecule has 1 aromatic heterocycles. The molecule has 0 aliphatic heterocycles. The molecular formula is C46H31NS. The van der Waals surface area contributed by atoms with Crippen LogP contribution >= 0.6 is 11.3 Å². The van der Waals surface area contributed by atoms with Crippen LogP contribution in [-0.4, -0.2) is 0 Å². The number of nitrogens with zero attached hydrogens (tertiary/aromatic N) is 1. The predicted molar refractivity (Wildman–Crippen MR) is 208 cm³/mol. The second-order valence-electron chi connectivity index (χ2n) is 11.0. The third kappa shape index (κ3) is 4.95. The molecule has 9 rings (SSSR count). The topological polar surface area (TPSA) is 3.24 Å². The van der Waals surface area contributed by atoms with Crippen molar-refractivity contribution in [2.24, 2.45) is 0 Å². The van der Waals surface area contributed by atoms with Crippen LogP contribution in [0.1, 0.15) is 20.6 Å². The van der Waals surface area contributed by atoms with Crippen LogP contribution in [0.15, 0.2) is 188 Å². The Bertz CT molecular complexity index is 3350. The zero-order valence-corrected chi connectivity index (χ0v) is 25.9. The maximum atomic E-state index is 9.73. The van der Waals surface area contributed by atoms with Gasteiger partial charge in [0.25, 0.3) is 0 Å². The fraction of sp³-hybridized carbons (Fsp3) is 0. The highest BCUT2D eigenvalue weighted by molar-refractivity contribution is 7.26. The maximum Gasteiger partial charge on any atom is 0.0645 e. The van der Waals surface area contributed by atoms with Gasteiger partial charge in [-0.15, -0.1) is 11.3 Å². The normalized spacial score (nSPS) is 15.7. The van der Waals surface area contributed by atoms with Gasteiger partial charge in [-0.2, -0.15) is 0 Å². The Labute approximate surface area is 305 Å². The van der Waals surface area contributed by atoms with Crippen LogP contribution in [0.2, 0.25) is 0 Å². The molecule has 2 heteroatoms. The summed E-state index contributed by atoms with van der Waals surface area (Å²) in [6.07, 6.45) is 0. The minimum atomic E-state index is -0.804. The lowest BCUT2D eigenvalue weighted by Crippen LogP contribution is -2.10. The van der Waals surface area contributed by atoms with Crippen molar-refractivity contribution in [3.05, 3.63) is 188 Å². The summed E-state index contributed by atoms with van der Waals surface area (Å²) < 4.78 is 137. The van der Waals surface area contributed by atoms with E-state index in [1.54, 1.807) is 16.2 Å². The van der Waals surface area contributed by atoms with Crippen molar-refractivity contribution in [3.63, 3.8) is 0 Å². The molecular weight excluding hydrogens is 599 g/mol. The minimum Gasteiger partial charge on any atom is -0.310 e. The van der Waals surface area contributed by atoms with Crippen LogP contribution in [-0.2, 0) is 0 Å². The summed E-state index contributed by atoms with van der Waals surface area (Å²) in [6.45, 7) is 0. The summed E-state index contributed by atoms with van der Waals surface area (Å²) in [6, 6.07) is 19.4. The standard InChI is InChI=1S/C46H31NS/c1-3-12-32(13-4-1)33-22-27-37(28-23-33)47(42-19-11-21-44-46(42)41-18-9-10-20-43(41)48-44)38-29-24-35(25-30-38)40-31-26-34-14-7-8-17-39(34)45(40)36-15-5-2-6-16-36/h1-31H/i2D,5D,6D,7D,8D,14D,15D,16D,17D,24D,25D,26D,29D,30D,31D. The van der Waals surface area contributed by atoms with Crippen molar-refractivity contribution < 1.29 is 20.6 Å². The van der Waals surface area contributed by atoms with Crippen molar-refractivity contribution in [1.29, 1.82) is 0 Å². The van der Waals surface area contributed by atoms with E-state index in [9.17, 15) is 6.85 Å². The summed E-state index contributed by atoms with van der Waals surface area (Å²) in [5, 5.41) is 0.736. The number of fused-ring (bicyclic) bond motifs is 4. The molecule has 0 aliphatic rings. The number of thiophene rings is 1. The lowest BCUT2D eigenvalue weighted by Gasteiger charge is -2.27. The van der Waals surface area contributed by atoms with E-state index in [2.05, 4.69) is 0 Å². The molecule has 0 unspecified atom stereocenters. The summed E-state index contributed by atoms with van der Waals surface area (Å²) in [7, 11) is 0.